The van der Waals surface area contributed by atoms with Crippen LogP contribution in [0, 0.1) is 45.3 Å². The van der Waals surface area contributed by atoms with Crippen molar-refractivity contribution in [3.63, 3.8) is 0 Å². The van der Waals surface area contributed by atoms with Gasteiger partial charge in [0.2, 0.25) is 0 Å². The SMILES string of the molecule is N#CC1(C#N)OC(C#N)(C#N)[C@H]2c3ccccc3O[C@@H]21. The van der Waals surface area contributed by atoms with Crippen molar-refractivity contribution in [3.8, 4) is 30.0 Å². The second kappa shape index (κ2) is 3.72. The molecule has 1 fully saturated rings. The van der Waals surface area contributed by atoms with Crippen molar-refractivity contribution in [2.75, 3.05) is 0 Å². The zero-order valence-electron chi connectivity index (χ0n) is 10.1. The topological polar surface area (TPSA) is 114 Å². The molecule has 2 heterocycles. The fourth-order valence-corrected chi connectivity index (χ4v) is 2.75. The Morgan fingerprint density at radius 1 is 0.900 bits per heavy atom. The summed E-state index contributed by atoms with van der Waals surface area (Å²) in [5.41, 5.74) is -3.26. The molecule has 0 radical (unpaired) electrons. The van der Waals surface area contributed by atoms with E-state index < -0.39 is 23.2 Å². The first-order valence-corrected chi connectivity index (χ1v) is 5.77. The molecule has 0 unspecified atom stereocenters. The molecule has 0 bridgehead atoms. The summed E-state index contributed by atoms with van der Waals surface area (Å²) in [5, 5.41) is 37.2. The molecule has 2 aliphatic rings. The molecule has 0 aromatic heterocycles. The van der Waals surface area contributed by atoms with Crippen molar-refractivity contribution in [1.29, 1.82) is 21.0 Å². The number of fused-ring (bicyclic) bond motifs is 3. The number of nitrogens with zero attached hydrogens (tertiary/aromatic N) is 4. The van der Waals surface area contributed by atoms with E-state index in [1.165, 1.54) is 0 Å². The highest BCUT2D eigenvalue weighted by Crippen LogP contribution is 2.55. The molecule has 1 aromatic carbocycles. The minimum absolute atomic E-state index is 0.468. The van der Waals surface area contributed by atoms with Crippen molar-refractivity contribution in [2.24, 2.45) is 0 Å². The van der Waals surface area contributed by atoms with E-state index in [1.54, 1.807) is 48.5 Å². The molecule has 94 valence electrons. The lowest BCUT2D eigenvalue weighted by molar-refractivity contribution is -0.00791. The molecule has 0 spiro atoms. The molecule has 1 saturated heterocycles. The van der Waals surface area contributed by atoms with Gasteiger partial charge in [0.1, 0.15) is 30.0 Å². The van der Waals surface area contributed by atoms with E-state index >= 15 is 0 Å². The summed E-state index contributed by atoms with van der Waals surface area (Å²) >= 11 is 0. The number of ether oxygens (including phenoxy) is 2. The van der Waals surface area contributed by atoms with Crippen LogP contribution in [0.4, 0.5) is 0 Å². The molecule has 0 aliphatic carbocycles. The summed E-state index contributed by atoms with van der Waals surface area (Å²) in [6.07, 6.45) is -0.991. The number of benzene rings is 1. The van der Waals surface area contributed by atoms with E-state index in [2.05, 4.69) is 0 Å². The fraction of sp³-hybridized carbons (Fsp3) is 0.286. The van der Waals surface area contributed by atoms with Gasteiger partial charge in [0.15, 0.2) is 6.10 Å². The first kappa shape index (κ1) is 12.0. The first-order chi connectivity index (χ1) is 9.66. The number of rotatable bonds is 0. The normalized spacial score (nSPS) is 26.8. The van der Waals surface area contributed by atoms with Crippen LogP contribution < -0.4 is 4.74 Å². The highest BCUT2D eigenvalue weighted by Gasteiger charge is 2.70. The van der Waals surface area contributed by atoms with Gasteiger partial charge in [-0.1, -0.05) is 18.2 Å². The molecular formula is C14H6N4O2. The predicted molar refractivity (Wildman–Crippen MR) is 62.6 cm³/mol. The zero-order chi connectivity index (χ0) is 14.4. The van der Waals surface area contributed by atoms with Crippen LogP contribution in [-0.2, 0) is 4.74 Å². The van der Waals surface area contributed by atoms with Gasteiger partial charge in [-0.2, -0.15) is 21.0 Å². The van der Waals surface area contributed by atoms with E-state index in [0.717, 1.165) is 0 Å². The van der Waals surface area contributed by atoms with Gasteiger partial charge in [0.25, 0.3) is 11.2 Å². The number of hydrogen-bond donors (Lipinski definition) is 0. The summed E-state index contributed by atoms with van der Waals surface area (Å²) < 4.78 is 10.9. The van der Waals surface area contributed by atoms with Crippen LogP contribution in [0.1, 0.15) is 11.5 Å². The molecule has 2 atom stereocenters. The second-order valence-electron chi connectivity index (χ2n) is 4.57. The zero-order valence-corrected chi connectivity index (χ0v) is 10.1. The van der Waals surface area contributed by atoms with Crippen LogP contribution in [0.25, 0.3) is 0 Å². The first-order valence-electron chi connectivity index (χ1n) is 5.77. The fourth-order valence-electron chi connectivity index (χ4n) is 2.75. The van der Waals surface area contributed by atoms with Crippen molar-refractivity contribution in [1.82, 2.24) is 0 Å². The molecule has 3 rings (SSSR count). The minimum atomic E-state index is -1.96. The minimum Gasteiger partial charge on any atom is -0.484 e. The average molecular weight is 262 g/mol. The molecule has 0 N–H and O–H groups in total. The lowest BCUT2D eigenvalue weighted by atomic mass is 9.80. The molecule has 1 aromatic rings. The smallest absolute Gasteiger partial charge is 0.281 e. The third kappa shape index (κ3) is 1.16. The Kier molecular flexibility index (Phi) is 2.23. The standard InChI is InChI=1S/C14H6N4O2/c15-5-13(6-16)11-9-3-1-2-4-10(9)19-12(11)14(7-17,8-18)20-13/h1-4,11-12H/t11-,12-/m0/s1. The van der Waals surface area contributed by atoms with Gasteiger partial charge in [-0.3, -0.25) is 0 Å². The van der Waals surface area contributed by atoms with Gasteiger partial charge < -0.3 is 9.47 Å². The van der Waals surface area contributed by atoms with Gasteiger partial charge in [-0.05, 0) is 6.07 Å². The second-order valence-corrected chi connectivity index (χ2v) is 4.57. The molecule has 6 heteroatoms. The van der Waals surface area contributed by atoms with E-state index in [1.807, 2.05) is 0 Å². The van der Waals surface area contributed by atoms with Crippen LogP contribution in [0.3, 0.4) is 0 Å². The summed E-state index contributed by atoms with van der Waals surface area (Å²) in [6.45, 7) is 0. The lowest BCUT2D eigenvalue weighted by Gasteiger charge is -2.19. The van der Waals surface area contributed by atoms with Crippen LogP contribution in [0.5, 0.6) is 5.75 Å². The van der Waals surface area contributed by atoms with Crippen LogP contribution in [0.2, 0.25) is 0 Å². The molecule has 0 amide bonds. The van der Waals surface area contributed by atoms with Crippen molar-refractivity contribution in [2.45, 2.75) is 23.2 Å². The Hall–Kier alpha value is -3.06. The van der Waals surface area contributed by atoms with E-state index in [4.69, 9.17) is 9.47 Å². The highest BCUT2D eigenvalue weighted by atomic mass is 16.6. The van der Waals surface area contributed by atoms with Gasteiger partial charge in [-0.25, -0.2) is 0 Å². The lowest BCUT2D eigenvalue weighted by Crippen LogP contribution is -2.40. The molecule has 2 aliphatic heterocycles. The molecular weight excluding hydrogens is 256 g/mol. The summed E-state index contributed by atoms with van der Waals surface area (Å²) in [4.78, 5) is 0. The van der Waals surface area contributed by atoms with E-state index in [0.29, 0.717) is 11.3 Å². The summed E-state index contributed by atoms with van der Waals surface area (Å²) in [6, 6.07) is 13.9. The van der Waals surface area contributed by atoms with Crippen LogP contribution >= 0.6 is 0 Å². The highest BCUT2D eigenvalue weighted by molar-refractivity contribution is 5.53. The van der Waals surface area contributed by atoms with Gasteiger partial charge in [0, 0.05) is 5.56 Å². The summed E-state index contributed by atoms with van der Waals surface area (Å²) in [7, 11) is 0. The monoisotopic (exact) mass is 262 g/mol. The largest absolute Gasteiger partial charge is 0.484 e. The molecule has 0 saturated carbocycles. The maximum atomic E-state index is 9.34. The average Bonchev–Trinajstić information content (AvgIpc) is 3.02. The van der Waals surface area contributed by atoms with E-state index in [9.17, 15) is 21.0 Å². The quantitative estimate of drug-likeness (QED) is 0.692. The third-order valence-corrected chi connectivity index (χ3v) is 3.64. The molecule has 20 heavy (non-hydrogen) atoms. The number of nitriles is 4. The maximum absolute atomic E-state index is 9.34. The Bertz CT molecular complexity index is 731. The third-order valence-electron chi connectivity index (χ3n) is 3.64. The van der Waals surface area contributed by atoms with Crippen LogP contribution in [0.15, 0.2) is 24.3 Å². The van der Waals surface area contributed by atoms with Gasteiger partial charge >= 0.3 is 0 Å². The molecule has 6 nitrogen and oxygen atoms in total. The Labute approximate surface area is 114 Å². The maximum Gasteiger partial charge on any atom is 0.281 e. The Balaban J connectivity index is 2.27. The van der Waals surface area contributed by atoms with Crippen LogP contribution in [-0.4, -0.2) is 17.3 Å². The Morgan fingerprint density at radius 2 is 1.50 bits per heavy atom. The predicted octanol–water partition coefficient (Wildman–Crippen LogP) is 1.13. The van der Waals surface area contributed by atoms with Crippen molar-refractivity contribution in [3.05, 3.63) is 29.8 Å². The summed E-state index contributed by atoms with van der Waals surface area (Å²) in [5.74, 6) is -0.316. The van der Waals surface area contributed by atoms with E-state index in [-0.39, 0.29) is 0 Å². The number of para-hydroxylation sites is 1. The van der Waals surface area contributed by atoms with Crippen molar-refractivity contribution >= 4 is 0 Å². The number of hydrogen-bond acceptors (Lipinski definition) is 6. The van der Waals surface area contributed by atoms with Gasteiger partial charge in [-0.15, -0.1) is 0 Å². The van der Waals surface area contributed by atoms with Gasteiger partial charge in [0.05, 0.1) is 5.92 Å². The van der Waals surface area contributed by atoms with Crippen molar-refractivity contribution < 1.29 is 9.47 Å². The Morgan fingerprint density at radius 3 is 2.10 bits per heavy atom.